The number of likely N-dealkylation sites (tertiary alicyclic amines) is 1. The van der Waals surface area contributed by atoms with Crippen LogP contribution in [-0.4, -0.2) is 71.9 Å². The summed E-state index contributed by atoms with van der Waals surface area (Å²) in [5.41, 5.74) is -0.688. The molecule has 210 valence electrons. The number of ketones is 1. The molecule has 1 aromatic rings. The number of Topliss-reactive ketones (excluding diaryl/α,β-unsaturated/α-hetero) is 1. The van der Waals surface area contributed by atoms with Gasteiger partial charge in [0.15, 0.2) is 0 Å². The number of alkyl halides is 4. The molecule has 0 aromatic heterocycles. The maximum Gasteiger partial charge on any atom is 0.430 e. The third-order valence-corrected chi connectivity index (χ3v) is 7.44. The Morgan fingerprint density at radius 3 is 2.74 bits per heavy atom. The van der Waals surface area contributed by atoms with E-state index in [1.54, 1.807) is 17.0 Å². The van der Waals surface area contributed by atoms with E-state index in [0.717, 1.165) is 23.6 Å². The lowest BCUT2D eigenvalue weighted by Crippen LogP contribution is -2.51. The molecule has 1 fully saturated rings. The number of carbonyl (C=O) groups is 2. The normalized spacial score (nSPS) is 23.5. The maximum absolute atomic E-state index is 15.5. The first-order valence-electron chi connectivity index (χ1n) is 13.0. The van der Waals surface area contributed by atoms with Crippen LogP contribution in [0.4, 0.5) is 17.6 Å². The minimum atomic E-state index is -4.58. The van der Waals surface area contributed by atoms with Gasteiger partial charge in [0.25, 0.3) is 5.91 Å². The van der Waals surface area contributed by atoms with Gasteiger partial charge < -0.3 is 15.7 Å². The smallest absolute Gasteiger partial charge is 0.392 e. The highest BCUT2D eigenvalue weighted by Crippen LogP contribution is 2.34. The highest BCUT2D eigenvalue weighted by atomic mass is 19.4. The number of hydrogen-bond donors (Lipinski definition) is 3. The number of aryl methyl sites for hydroxylation is 1. The lowest BCUT2D eigenvalue weighted by Gasteiger charge is -2.33. The summed E-state index contributed by atoms with van der Waals surface area (Å²) >= 11 is 0. The Morgan fingerprint density at radius 2 is 2.05 bits per heavy atom. The predicted octanol–water partition coefficient (Wildman–Crippen LogP) is 4.02. The van der Waals surface area contributed by atoms with Gasteiger partial charge in [-0.15, -0.1) is 0 Å². The van der Waals surface area contributed by atoms with E-state index in [-0.39, 0.29) is 56.5 Å². The first-order chi connectivity index (χ1) is 17.8. The molecule has 0 aliphatic carbocycles. The van der Waals surface area contributed by atoms with Crippen molar-refractivity contribution in [2.75, 3.05) is 26.2 Å². The van der Waals surface area contributed by atoms with Gasteiger partial charge in [0, 0.05) is 44.1 Å². The van der Waals surface area contributed by atoms with Crippen LogP contribution in [-0.2, 0) is 11.2 Å². The monoisotopic (exact) mass is 539 g/mol. The van der Waals surface area contributed by atoms with Crippen LogP contribution in [0.3, 0.4) is 0 Å². The SMILES string of the molecule is CCC(C)C(=O)Cc1cc(C(=O)NCCC(O)CN2CCC(F)(C3C=CC=C(C(F)(F)F)N3)C2)ccc1C. The average Bonchev–Trinajstić information content (AvgIpc) is 3.25. The van der Waals surface area contributed by atoms with E-state index >= 15 is 4.39 Å². The lowest BCUT2D eigenvalue weighted by molar-refractivity contribution is -0.121. The minimum absolute atomic E-state index is 0.0406. The Balaban J connectivity index is 1.46. The third kappa shape index (κ3) is 7.66. The van der Waals surface area contributed by atoms with Gasteiger partial charge in [-0.25, -0.2) is 4.39 Å². The number of nitrogens with one attached hydrogen (secondary N) is 2. The molecule has 0 spiro atoms. The number of dihydropyridines is 1. The molecule has 3 N–H and O–H groups in total. The predicted molar refractivity (Wildman–Crippen MR) is 137 cm³/mol. The minimum Gasteiger partial charge on any atom is -0.392 e. The number of benzene rings is 1. The summed E-state index contributed by atoms with van der Waals surface area (Å²) in [6.07, 6.45) is -0.638. The summed E-state index contributed by atoms with van der Waals surface area (Å²) in [4.78, 5) is 26.7. The molecule has 3 rings (SSSR count). The third-order valence-electron chi connectivity index (χ3n) is 7.44. The number of carbonyl (C=O) groups excluding carboxylic acids is 2. The van der Waals surface area contributed by atoms with Crippen LogP contribution in [0.25, 0.3) is 0 Å². The van der Waals surface area contributed by atoms with Gasteiger partial charge in [0.2, 0.25) is 0 Å². The zero-order valence-electron chi connectivity index (χ0n) is 22.1. The Labute approximate surface area is 221 Å². The molecular weight excluding hydrogens is 502 g/mol. The van der Waals surface area contributed by atoms with Crippen molar-refractivity contribution in [2.24, 2.45) is 5.92 Å². The van der Waals surface area contributed by atoms with Crippen LogP contribution in [0.1, 0.15) is 54.6 Å². The van der Waals surface area contributed by atoms with Crippen LogP contribution >= 0.6 is 0 Å². The number of allylic oxidation sites excluding steroid dienone is 3. The maximum atomic E-state index is 15.5. The van der Waals surface area contributed by atoms with Gasteiger partial charge in [-0.1, -0.05) is 32.1 Å². The molecule has 1 aromatic carbocycles. The molecule has 10 heteroatoms. The first-order valence-corrected chi connectivity index (χ1v) is 13.0. The Hall–Kier alpha value is -2.72. The van der Waals surface area contributed by atoms with Crippen LogP contribution in [0, 0.1) is 12.8 Å². The fourth-order valence-corrected chi connectivity index (χ4v) is 4.72. The number of rotatable bonds is 11. The molecule has 0 radical (unpaired) electrons. The van der Waals surface area contributed by atoms with Gasteiger partial charge in [-0.2, -0.15) is 13.2 Å². The standard InChI is InChI=1S/C28H37F4N3O3/c1-4-18(2)23(37)15-21-14-20(9-8-19(21)3)26(38)33-12-10-22(36)16-35-13-11-27(29,17-35)24-6-5-7-25(34-24)28(30,31)32/h5-9,14,18,22,24,34,36H,4,10-13,15-17H2,1-3H3,(H,33,38). The molecule has 1 amide bonds. The van der Waals surface area contributed by atoms with Crippen molar-refractivity contribution in [3.8, 4) is 0 Å². The topological polar surface area (TPSA) is 81.7 Å². The van der Waals surface area contributed by atoms with Crippen molar-refractivity contribution < 1.29 is 32.3 Å². The second-order valence-corrected chi connectivity index (χ2v) is 10.4. The summed E-state index contributed by atoms with van der Waals surface area (Å²) in [5, 5.41) is 15.5. The van der Waals surface area contributed by atoms with Crippen LogP contribution in [0.2, 0.25) is 0 Å². The van der Waals surface area contributed by atoms with Crippen molar-refractivity contribution in [1.29, 1.82) is 0 Å². The highest BCUT2D eigenvalue weighted by Gasteiger charge is 2.47. The fraction of sp³-hybridized carbons (Fsp3) is 0.571. The molecule has 0 saturated carbocycles. The number of aliphatic hydroxyl groups is 1. The summed E-state index contributed by atoms with van der Waals surface area (Å²) in [7, 11) is 0. The van der Waals surface area contributed by atoms with E-state index < -0.39 is 29.7 Å². The van der Waals surface area contributed by atoms with Gasteiger partial charge in [0.1, 0.15) is 17.1 Å². The molecule has 38 heavy (non-hydrogen) atoms. The van der Waals surface area contributed by atoms with E-state index in [1.165, 1.54) is 12.2 Å². The van der Waals surface area contributed by atoms with E-state index in [2.05, 4.69) is 10.6 Å². The average molecular weight is 540 g/mol. The van der Waals surface area contributed by atoms with E-state index in [4.69, 9.17) is 0 Å². The van der Waals surface area contributed by atoms with E-state index in [9.17, 15) is 27.9 Å². The van der Waals surface area contributed by atoms with Gasteiger partial charge in [-0.05, 0) is 55.5 Å². The first kappa shape index (κ1) is 29.8. The van der Waals surface area contributed by atoms with Crippen LogP contribution in [0.5, 0.6) is 0 Å². The summed E-state index contributed by atoms with van der Waals surface area (Å²) in [6, 6.07) is 4.12. The molecular formula is C28H37F4N3O3. The molecule has 0 bridgehead atoms. The second-order valence-electron chi connectivity index (χ2n) is 10.4. The quantitative estimate of drug-likeness (QED) is 0.370. The number of β-amino-alcohol motifs (C(OH)–C–C–N with tert-alkyl or cyclic N) is 1. The van der Waals surface area contributed by atoms with Gasteiger partial charge >= 0.3 is 6.18 Å². The number of halogens is 4. The Kier molecular flexibility index (Phi) is 9.75. The van der Waals surface area contributed by atoms with E-state index in [1.807, 2.05) is 26.8 Å². The largest absolute Gasteiger partial charge is 0.430 e. The molecule has 2 aliphatic rings. The fourth-order valence-electron chi connectivity index (χ4n) is 4.72. The summed E-state index contributed by atoms with van der Waals surface area (Å²) < 4.78 is 54.5. The number of amides is 1. The van der Waals surface area contributed by atoms with Crippen LogP contribution < -0.4 is 10.6 Å². The summed E-state index contributed by atoms with van der Waals surface area (Å²) in [6.45, 7) is 6.28. The lowest BCUT2D eigenvalue weighted by atomic mass is 9.93. The second kappa shape index (κ2) is 12.4. The molecule has 1 saturated heterocycles. The van der Waals surface area contributed by atoms with E-state index in [0.29, 0.717) is 12.1 Å². The molecule has 4 atom stereocenters. The van der Waals surface area contributed by atoms with Gasteiger partial charge in [0.05, 0.1) is 12.1 Å². The van der Waals surface area contributed by atoms with Crippen molar-refractivity contribution in [1.82, 2.24) is 15.5 Å². The molecule has 6 nitrogen and oxygen atoms in total. The molecule has 2 heterocycles. The zero-order valence-corrected chi connectivity index (χ0v) is 22.1. The van der Waals surface area contributed by atoms with Crippen LogP contribution in [0.15, 0.2) is 42.1 Å². The summed E-state index contributed by atoms with van der Waals surface area (Å²) in [5.74, 6) is -0.235. The number of aliphatic hydroxyl groups excluding tert-OH is 1. The number of nitrogens with zero attached hydrogens (tertiary/aromatic N) is 1. The van der Waals surface area contributed by atoms with Crippen molar-refractivity contribution in [2.45, 2.75) is 70.4 Å². The zero-order chi connectivity index (χ0) is 28.1. The van der Waals surface area contributed by atoms with Crippen molar-refractivity contribution in [3.05, 3.63) is 58.8 Å². The Morgan fingerprint density at radius 1 is 1.32 bits per heavy atom. The van der Waals surface area contributed by atoms with Crippen molar-refractivity contribution in [3.63, 3.8) is 0 Å². The van der Waals surface area contributed by atoms with Gasteiger partial charge in [-0.3, -0.25) is 14.5 Å². The molecule has 2 aliphatic heterocycles. The number of hydrogen-bond acceptors (Lipinski definition) is 5. The highest BCUT2D eigenvalue weighted by molar-refractivity contribution is 5.95. The Bertz CT molecular complexity index is 1070. The molecule has 4 unspecified atom stereocenters. The van der Waals surface area contributed by atoms with Crippen molar-refractivity contribution >= 4 is 11.7 Å².